The van der Waals surface area contributed by atoms with Crippen LogP contribution in [0.4, 0.5) is 8.78 Å². The summed E-state index contributed by atoms with van der Waals surface area (Å²) >= 11 is 4.71. The van der Waals surface area contributed by atoms with E-state index in [1.807, 2.05) is 11.4 Å². The average Bonchev–Trinajstić information content (AvgIpc) is 2.53. The Hall–Kier alpha value is -0.0400. The van der Waals surface area contributed by atoms with E-state index in [0.29, 0.717) is 0 Å². The molecule has 2 nitrogen and oxygen atoms in total. The Morgan fingerprint density at radius 2 is 2.29 bits per heavy atom. The van der Waals surface area contributed by atoms with E-state index in [0.717, 1.165) is 9.35 Å². The predicted octanol–water partition coefficient (Wildman–Crippen LogP) is 2.79. The number of rotatable bonds is 5. The molecule has 0 fully saturated rings. The molecule has 0 aromatic carbocycles. The van der Waals surface area contributed by atoms with Crippen molar-refractivity contribution in [1.82, 2.24) is 0 Å². The zero-order chi connectivity index (χ0) is 10.6. The first-order valence-electron chi connectivity index (χ1n) is 3.97. The quantitative estimate of drug-likeness (QED) is 0.903. The van der Waals surface area contributed by atoms with Crippen LogP contribution in [-0.2, 0) is 4.74 Å². The zero-order valence-electron chi connectivity index (χ0n) is 7.25. The molecular weight excluding hydrogens is 276 g/mol. The van der Waals surface area contributed by atoms with Gasteiger partial charge in [0.15, 0.2) is 0 Å². The third-order valence-electron chi connectivity index (χ3n) is 1.54. The molecule has 1 heterocycles. The summed E-state index contributed by atoms with van der Waals surface area (Å²) in [4.78, 5) is 0.861. The molecule has 1 rings (SSSR count). The minimum absolute atomic E-state index is 0.208. The summed E-state index contributed by atoms with van der Waals surface area (Å²) in [5.74, 6) is 0. The first-order chi connectivity index (χ1) is 6.63. The molecule has 0 saturated heterocycles. The standard InChI is InChI=1S/C8H10BrF2NOS/c9-5-1-7(14-4-5)6(2-12)13-3-8(10)11/h1,4,6,8H,2-3,12H2. The van der Waals surface area contributed by atoms with Crippen molar-refractivity contribution in [3.8, 4) is 0 Å². The second-order valence-electron chi connectivity index (χ2n) is 2.62. The minimum Gasteiger partial charge on any atom is -0.365 e. The van der Waals surface area contributed by atoms with E-state index in [1.165, 1.54) is 11.3 Å². The SMILES string of the molecule is NCC(OCC(F)F)c1cc(Br)cs1. The van der Waals surface area contributed by atoms with Gasteiger partial charge in [-0.1, -0.05) is 0 Å². The van der Waals surface area contributed by atoms with Gasteiger partial charge in [-0.25, -0.2) is 8.78 Å². The highest BCUT2D eigenvalue weighted by Gasteiger charge is 2.14. The van der Waals surface area contributed by atoms with Crippen molar-refractivity contribution in [1.29, 1.82) is 0 Å². The summed E-state index contributed by atoms with van der Waals surface area (Å²) in [5.41, 5.74) is 5.42. The average molecular weight is 286 g/mol. The van der Waals surface area contributed by atoms with Crippen LogP contribution in [0.2, 0.25) is 0 Å². The second-order valence-corrected chi connectivity index (χ2v) is 4.47. The number of hydrogen-bond donors (Lipinski definition) is 1. The Morgan fingerprint density at radius 1 is 1.57 bits per heavy atom. The first-order valence-corrected chi connectivity index (χ1v) is 5.64. The van der Waals surface area contributed by atoms with Crippen molar-refractivity contribution in [2.45, 2.75) is 12.5 Å². The maximum Gasteiger partial charge on any atom is 0.261 e. The van der Waals surface area contributed by atoms with Gasteiger partial charge in [-0.15, -0.1) is 11.3 Å². The Labute approximate surface area is 93.2 Å². The van der Waals surface area contributed by atoms with Crippen molar-refractivity contribution < 1.29 is 13.5 Å². The fraction of sp³-hybridized carbons (Fsp3) is 0.500. The molecule has 0 bridgehead atoms. The van der Waals surface area contributed by atoms with Crippen molar-refractivity contribution in [2.24, 2.45) is 5.73 Å². The molecule has 1 aromatic rings. The summed E-state index contributed by atoms with van der Waals surface area (Å²) in [7, 11) is 0. The third kappa shape index (κ3) is 3.61. The lowest BCUT2D eigenvalue weighted by atomic mass is 10.3. The molecule has 0 aliphatic rings. The lowest BCUT2D eigenvalue weighted by molar-refractivity contribution is -0.0204. The van der Waals surface area contributed by atoms with E-state index in [4.69, 9.17) is 10.5 Å². The van der Waals surface area contributed by atoms with Gasteiger partial charge in [0.25, 0.3) is 6.43 Å². The number of hydrogen-bond acceptors (Lipinski definition) is 3. The molecule has 0 radical (unpaired) electrons. The molecule has 6 heteroatoms. The Bertz CT molecular complexity index is 282. The molecule has 1 aromatic heterocycles. The van der Waals surface area contributed by atoms with Crippen molar-refractivity contribution >= 4 is 27.3 Å². The molecule has 0 spiro atoms. The van der Waals surface area contributed by atoms with Crippen LogP contribution in [0.3, 0.4) is 0 Å². The van der Waals surface area contributed by atoms with Crippen LogP contribution < -0.4 is 5.73 Å². The number of ether oxygens (including phenoxy) is 1. The van der Waals surface area contributed by atoms with Gasteiger partial charge < -0.3 is 10.5 Å². The molecular formula is C8H10BrF2NOS. The summed E-state index contributed by atoms with van der Waals surface area (Å²) < 4.78 is 29.6. The summed E-state index contributed by atoms with van der Waals surface area (Å²) in [6.07, 6.45) is -2.88. The van der Waals surface area contributed by atoms with Crippen LogP contribution in [0, 0.1) is 0 Å². The molecule has 0 aliphatic heterocycles. The number of halogens is 3. The number of thiophene rings is 1. The van der Waals surface area contributed by atoms with E-state index in [-0.39, 0.29) is 6.54 Å². The predicted molar refractivity (Wildman–Crippen MR) is 55.8 cm³/mol. The van der Waals surface area contributed by atoms with Crippen LogP contribution in [0.5, 0.6) is 0 Å². The van der Waals surface area contributed by atoms with Crippen molar-refractivity contribution in [3.63, 3.8) is 0 Å². The van der Waals surface area contributed by atoms with E-state index < -0.39 is 19.1 Å². The molecule has 0 saturated carbocycles. The zero-order valence-corrected chi connectivity index (χ0v) is 9.65. The van der Waals surface area contributed by atoms with Gasteiger partial charge in [0.1, 0.15) is 12.7 Å². The molecule has 0 aliphatic carbocycles. The smallest absolute Gasteiger partial charge is 0.261 e. The lowest BCUT2D eigenvalue weighted by Crippen LogP contribution is -2.17. The van der Waals surface area contributed by atoms with Crippen LogP contribution in [0.1, 0.15) is 11.0 Å². The van der Waals surface area contributed by atoms with Gasteiger partial charge in [0.2, 0.25) is 0 Å². The van der Waals surface area contributed by atoms with Gasteiger partial charge in [0, 0.05) is 21.3 Å². The highest BCUT2D eigenvalue weighted by atomic mass is 79.9. The van der Waals surface area contributed by atoms with Crippen LogP contribution in [-0.4, -0.2) is 19.6 Å². The van der Waals surface area contributed by atoms with Crippen LogP contribution >= 0.6 is 27.3 Å². The minimum atomic E-state index is -2.45. The fourth-order valence-corrected chi connectivity index (χ4v) is 2.46. The fourth-order valence-electron chi connectivity index (χ4n) is 0.952. The van der Waals surface area contributed by atoms with Gasteiger partial charge in [0.05, 0.1) is 0 Å². The van der Waals surface area contributed by atoms with Gasteiger partial charge in [-0.05, 0) is 22.0 Å². The number of alkyl halides is 2. The molecule has 14 heavy (non-hydrogen) atoms. The second kappa shape index (κ2) is 5.75. The summed E-state index contributed by atoms with van der Waals surface area (Å²) in [6, 6.07) is 1.83. The molecule has 1 unspecified atom stereocenters. The summed E-state index contributed by atoms with van der Waals surface area (Å²) in [5, 5.41) is 1.86. The molecule has 0 amide bonds. The van der Waals surface area contributed by atoms with E-state index >= 15 is 0 Å². The highest BCUT2D eigenvalue weighted by molar-refractivity contribution is 9.10. The largest absolute Gasteiger partial charge is 0.365 e. The maximum absolute atomic E-state index is 11.9. The maximum atomic E-state index is 11.9. The van der Waals surface area contributed by atoms with Crippen LogP contribution in [0.15, 0.2) is 15.9 Å². The highest BCUT2D eigenvalue weighted by Crippen LogP contribution is 2.27. The third-order valence-corrected chi connectivity index (χ3v) is 3.33. The molecule has 1 atom stereocenters. The van der Waals surface area contributed by atoms with Gasteiger partial charge >= 0.3 is 0 Å². The molecule has 2 N–H and O–H groups in total. The first kappa shape index (κ1) is 12.0. The number of nitrogens with two attached hydrogens (primary N) is 1. The van der Waals surface area contributed by atoms with Crippen molar-refractivity contribution in [3.05, 3.63) is 20.8 Å². The van der Waals surface area contributed by atoms with E-state index in [1.54, 1.807) is 0 Å². The van der Waals surface area contributed by atoms with Crippen molar-refractivity contribution in [2.75, 3.05) is 13.2 Å². The Morgan fingerprint density at radius 3 is 2.71 bits per heavy atom. The monoisotopic (exact) mass is 285 g/mol. The van der Waals surface area contributed by atoms with E-state index in [9.17, 15) is 8.78 Å². The Balaban J connectivity index is 2.54. The van der Waals surface area contributed by atoms with Gasteiger partial charge in [-0.3, -0.25) is 0 Å². The van der Waals surface area contributed by atoms with E-state index in [2.05, 4.69) is 15.9 Å². The summed E-state index contributed by atoms with van der Waals surface area (Å²) in [6.45, 7) is -0.364. The Kier molecular flexibility index (Phi) is 4.94. The normalized spacial score (nSPS) is 13.5. The van der Waals surface area contributed by atoms with Crippen LogP contribution in [0.25, 0.3) is 0 Å². The lowest BCUT2D eigenvalue weighted by Gasteiger charge is -2.13. The molecule has 80 valence electrons. The topological polar surface area (TPSA) is 35.2 Å². The van der Waals surface area contributed by atoms with Gasteiger partial charge in [-0.2, -0.15) is 0 Å².